The Morgan fingerprint density at radius 2 is 1.90 bits per heavy atom. The van der Waals surface area contributed by atoms with Gasteiger partial charge >= 0.3 is 0 Å². The molecule has 0 atom stereocenters. The molecule has 0 fully saturated rings. The Kier molecular flexibility index (Phi) is 4.89. The second-order valence-corrected chi connectivity index (χ2v) is 5.16. The number of halogens is 2. The fraction of sp³-hybridized carbons (Fsp3) is 0.308. The minimum Gasteiger partial charge on any atom is -0.378 e. The van der Waals surface area contributed by atoms with E-state index in [9.17, 15) is 8.78 Å². The highest BCUT2D eigenvalue weighted by atomic mass is 32.2. The molecule has 1 heterocycles. The Morgan fingerprint density at radius 1 is 1.24 bits per heavy atom. The molecule has 0 aliphatic carbocycles. The standard InChI is InChI=1S/C13H15F2N5S/c1-19(2)10-6-4-9(5-7-10)8-16-20-12(11(14)15)17-18-13(20)21-3/h4-8,11H,1-3H3/b16-8-. The lowest BCUT2D eigenvalue weighted by atomic mass is 10.2. The van der Waals surface area contributed by atoms with Gasteiger partial charge in [0, 0.05) is 19.8 Å². The number of anilines is 1. The molecule has 21 heavy (non-hydrogen) atoms. The molecule has 1 aromatic carbocycles. The summed E-state index contributed by atoms with van der Waals surface area (Å²) in [4.78, 5) is 1.97. The van der Waals surface area contributed by atoms with Crippen LogP contribution in [0.5, 0.6) is 0 Å². The second kappa shape index (κ2) is 6.66. The Hall–Kier alpha value is -1.96. The number of hydrogen-bond donors (Lipinski definition) is 0. The number of alkyl halides is 2. The minimum absolute atomic E-state index is 0.325. The zero-order valence-corrected chi connectivity index (χ0v) is 12.7. The quantitative estimate of drug-likeness (QED) is 0.629. The normalized spacial score (nSPS) is 11.5. The van der Waals surface area contributed by atoms with Gasteiger partial charge in [-0.15, -0.1) is 10.2 Å². The highest BCUT2D eigenvalue weighted by Gasteiger charge is 2.19. The summed E-state index contributed by atoms with van der Waals surface area (Å²) in [6.07, 6.45) is 0.526. The minimum atomic E-state index is -2.72. The molecule has 0 N–H and O–H groups in total. The van der Waals surface area contributed by atoms with E-state index in [1.165, 1.54) is 18.0 Å². The maximum absolute atomic E-state index is 12.8. The van der Waals surface area contributed by atoms with Crippen molar-refractivity contribution in [2.75, 3.05) is 25.3 Å². The molecule has 2 rings (SSSR count). The Morgan fingerprint density at radius 3 is 2.43 bits per heavy atom. The molecular weight excluding hydrogens is 296 g/mol. The van der Waals surface area contributed by atoms with E-state index in [1.54, 1.807) is 6.26 Å². The molecule has 5 nitrogen and oxygen atoms in total. The fourth-order valence-corrected chi connectivity index (χ4v) is 2.07. The van der Waals surface area contributed by atoms with Gasteiger partial charge in [0.15, 0.2) is 0 Å². The topological polar surface area (TPSA) is 46.3 Å². The number of thioether (sulfide) groups is 1. The van der Waals surface area contributed by atoms with Gasteiger partial charge in [0.1, 0.15) is 0 Å². The smallest absolute Gasteiger partial charge is 0.299 e. The molecule has 112 valence electrons. The summed E-state index contributed by atoms with van der Waals surface area (Å²) in [6, 6.07) is 7.59. The van der Waals surface area contributed by atoms with E-state index in [0.717, 1.165) is 15.9 Å². The van der Waals surface area contributed by atoms with Gasteiger partial charge in [-0.25, -0.2) is 8.78 Å². The van der Waals surface area contributed by atoms with Crippen molar-refractivity contribution in [2.45, 2.75) is 11.6 Å². The first-order valence-corrected chi connectivity index (χ1v) is 7.34. The first-order valence-electron chi connectivity index (χ1n) is 6.12. The van der Waals surface area contributed by atoms with Gasteiger partial charge in [-0.3, -0.25) is 0 Å². The van der Waals surface area contributed by atoms with Crippen LogP contribution in [0.2, 0.25) is 0 Å². The number of hydrogen-bond acceptors (Lipinski definition) is 5. The lowest BCUT2D eigenvalue weighted by Gasteiger charge is -2.11. The number of aromatic nitrogens is 3. The molecule has 0 spiro atoms. The van der Waals surface area contributed by atoms with Crippen LogP contribution in [-0.2, 0) is 0 Å². The van der Waals surface area contributed by atoms with Crippen molar-refractivity contribution in [1.82, 2.24) is 14.9 Å². The van der Waals surface area contributed by atoms with Crippen LogP contribution < -0.4 is 4.90 Å². The molecule has 0 aliphatic rings. The van der Waals surface area contributed by atoms with Crippen LogP contribution in [0.15, 0.2) is 34.5 Å². The lowest BCUT2D eigenvalue weighted by Crippen LogP contribution is -2.08. The van der Waals surface area contributed by atoms with E-state index in [-0.39, 0.29) is 0 Å². The zero-order valence-electron chi connectivity index (χ0n) is 11.9. The predicted octanol–water partition coefficient (Wildman–Crippen LogP) is 2.89. The van der Waals surface area contributed by atoms with Crippen molar-refractivity contribution in [1.29, 1.82) is 0 Å². The third kappa shape index (κ3) is 3.57. The summed E-state index contributed by atoms with van der Waals surface area (Å²) in [5, 5.41) is 11.5. The van der Waals surface area contributed by atoms with Gasteiger partial charge in [-0.05, 0) is 24.0 Å². The van der Waals surface area contributed by atoms with E-state index in [2.05, 4.69) is 15.3 Å². The van der Waals surface area contributed by atoms with Gasteiger partial charge in [0.05, 0.1) is 6.21 Å². The second-order valence-electron chi connectivity index (χ2n) is 4.39. The van der Waals surface area contributed by atoms with Crippen molar-refractivity contribution < 1.29 is 8.78 Å². The Labute approximate surface area is 125 Å². The van der Waals surface area contributed by atoms with Crippen LogP contribution in [0.3, 0.4) is 0 Å². The van der Waals surface area contributed by atoms with Crippen LogP contribution in [0.4, 0.5) is 14.5 Å². The first-order chi connectivity index (χ1) is 10.0. The first kappa shape index (κ1) is 15.4. The summed E-state index contributed by atoms with van der Waals surface area (Å²) in [5.41, 5.74) is 1.86. The average molecular weight is 311 g/mol. The number of benzene rings is 1. The highest BCUT2D eigenvalue weighted by Crippen LogP contribution is 2.21. The van der Waals surface area contributed by atoms with Crippen molar-refractivity contribution >= 4 is 23.7 Å². The molecule has 0 unspecified atom stereocenters. The molecule has 8 heteroatoms. The summed E-state index contributed by atoms with van der Waals surface area (Å²) in [5.74, 6) is -0.458. The molecule has 0 radical (unpaired) electrons. The maximum atomic E-state index is 12.8. The molecule has 0 bridgehead atoms. The number of rotatable bonds is 5. The van der Waals surface area contributed by atoms with Crippen LogP contribution >= 0.6 is 11.8 Å². The van der Waals surface area contributed by atoms with E-state index < -0.39 is 12.2 Å². The van der Waals surface area contributed by atoms with E-state index in [1.807, 2.05) is 43.3 Å². The summed E-state index contributed by atoms with van der Waals surface area (Å²) in [7, 11) is 3.89. The van der Waals surface area contributed by atoms with Gasteiger partial charge in [0.25, 0.3) is 6.43 Å². The SMILES string of the molecule is CSc1nnc(C(F)F)n1/N=C\c1ccc(N(C)C)cc1. The molecule has 0 aliphatic heterocycles. The average Bonchev–Trinajstić information content (AvgIpc) is 2.88. The molecule has 1 aromatic heterocycles. The van der Waals surface area contributed by atoms with Crippen LogP contribution in [0.1, 0.15) is 17.8 Å². The third-order valence-corrected chi connectivity index (χ3v) is 3.37. The lowest BCUT2D eigenvalue weighted by molar-refractivity contribution is 0.135. The summed E-state index contributed by atoms with van der Waals surface area (Å²) < 4.78 is 26.7. The van der Waals surface area contributed by atoms with Crippen molar-refractivity contribution in [3.05, 3.63) is 35.7 Å². The highest BCUT2D eigenvalue weighted by molar-refractivity contribution is 7.98. The maximum Gasteiger partial charge on any atom is 0.299 e. The fourth-order valence-electron chi connectivity index (χ4n) is 1.63. The van der Waals surface area contributed by atoms with Crippen molar-refractivity contribution in [3.63, 3.8) is 0 Å². The summed E-state index contributed by atoms with van der Waals surface area (Å²) in [6.45, 7) is 0. The molecule has 0 saturated carbocycles. The van der Waals surface area contributed by atoms with E-state index >= 15 is 0 Å². The summed E-state index contributed by atoms with van der Waals surface area (Å²) >= 11 is 1.21. The number of nitrogens with zero attached hydrogens (tertiary/aromatic N) is 5. The van der Waals surface area contributed by atoms with E-state index in [4.69, 9.17) is 0 Å². The zero-order chi connectivity index (χ0) is 15.4. The largest absolute Gasteiger partial charge is 0.378 e. The van der Waals surface area contributed by atoms with Crippen LogP contribution in [0.25, 0.3) is 0 Å². The van der Waals surface area contributed by atoms with Crippen LogP contribution in [-0.4, -0.2) is 41.4 Å². The molecule has 0 amide bonds. The molecular formula is C13H15F2N5S. The third-order valence-electron chi connectivity index (χ3n) is 2.75. The Bertz CT molecular complexity index is 622. The monoisotopic (exact) mass is 311 g/mol. The Balaban J connectivity index is 2.26. The van der Waals surface area contributed by atoms with E-state index in [0.29, 0.717) is 5.16 Å². The van der Waals surface area contributed by atoms with Crippen molar-refractivity contribution in [3.8, 4) is 0 Å². The predicted molar refractivity (Wildman–Crippen MR) is 80.5 cm³/mol. The van der Waals surface area contributed by atoms with Crippen molar-refractivity contribution in [2.24, 2.45) is 5.10 Å². The van der Waals surface area contributed by atoms with Gasteiger partial charge < -0.3 is 4.90 Å². The van der Waals surface area contributed by atoms with Gasteiger partial charge in [-0.1, -0.05) is 23.9 Å². The van der Waals surface area contributed by atoms with Gasteiger partial charge in [-0.2, -0.15) is 9.78 Å². The van der Waals surface area contributed by atoms with Gasteiger partial charge in [0.2, 0.25) is 11.0 Å². The molecule has 0 saturated heterocycles. The van der Waals surface area contributed by atoms with Crippen LogP contribution in [0, 0.1) is 0 Å². The molecule has 2 aromatic rings.